The van der Waals surface area contributed by atoms with Crippen LogP contribution < -0.4 is 10.6 Å². The van der Waals surface area contributed by atoms with Crippen molar-refractivity contribution in [1.29, 1.82) is 0 Å². The Labute approximate surface area is 147 Å². The van der Waals surface area contributed by atoms with E-state index in [1.165, 1.54) is 0 Å². The number of halogens is 1. The molecule has 0 saturated heterocycles. The molecule has 0 aliphatic rings. The molecule has 0 aliphatic heterocycles. The van der Waals surface area contributed by atoms with Gasteiger partial charge in [0, 0.05) is 29.6 Å². The van der Waals surface area contributed by atoms with Gasteiger partial charge in [0.25, 0.3) is 11.8 Å². The van der Waals surface area contributed by atoms with Gasteiger partial charge in [-0.1, -0.05) is 36.4 Å². The van der Waals surface area contributed by atoms with Crippen molar-refractivity contribution in [3.63, 3.8) is 0 Å². The number of para-hydroxylation sites is 1. The molecule has 1 heterocycles. The van der Waals surface area contributed by atoms with Crippen LogP contribution in [0.4, 0.5) is 0 Å². The summed E-state index contributed by atoms with van der Waals surface area (Å²) in [5.74, 6) is -0.372. The monoisotopic (exact) mass is 385 g/mol. The zero-order valence-electron chi connectivity index (χ0n) is 12.8. The van der Waals surface area contributed by atoms with E-state index >= 15 is 0 Å². The van der Waals surface area contributed by atoms with Crippen molar-refractivity contribution in [3.8, 4) is 0 Å². The lowest BCUT2D eigenvalue weighted by Gasteiger charge is -2.07. The summed E-state index contributed by atoms with van der Waals surface area (Å²) in [5, 5.41) is 6.52. The Morgan fingerprint density at radius 3 is 2.21 bits per heavy atom. The van der Waals surface area contributed by atoms with Crippen LogP contribution >= 0.6 is 15.9 Å². The normalized spacial score (nSPS) is 10.5. The van der Waals surface area contributed by atoms with Gasteiger partial charge < -0.3 is 15.6 Å². The zero-order chi connectivity index (χ0) is 16.9. The molecule has 2 amide bonds. The highest BCUT2D eigenvalue weighted by Crippen LogP contribution is 2.27. The molecule has 0 atom stereocenters. The first-order valence-electron chi connectivity index (χ1n) is 7.54. The van der Waals surface area contributed by atoms with Crippen molar-refractivity contribution in [2.75, 3.05) is 13.1 Å². The maximum atomic E-state index is 12.3. The van der Waals surface area contributed by atoms with Gasteiger partial charge >= 0.3 is 0 Å². The lowest BCUT2D eigenvalue weighted by atomic mass is 10.2. The Morgan fingerprint density at radius 1 is 0.875 bits per heavy atom. The number of rotatable bonds is 5. The van der Waals surface area contributed by atoms with E-state index in [-0.39, 0.29) is 11.8 Å². The SMILES string of the molecule is O=C(NCCNC(=O)c1[nH]c2ccccc2c1Br)c1ccccc1. The third-order valence-corrected chi connectivity index (χ3v) is 4.43. The minimum absolute atomic E-state index is 0.156. The predicted octanol–water partition coefficient (Wildman–Crippen LogP) is 3.09. The van der Waals surface area contributed by atoms with Crippen LogP contribution in [-0.2, 0) is 0 Å². The van der Waals surface area contributed by atoms with E-state index in [2.05, 4.69) is 31.5 Å². The van der Waals surface area contributed by atoms with Crippen molar-refractivity contribution in [2.45, 2.75) is 0 Å². The lowest BCUT2D eigenvalue weighted by Crippen LogP contribution is -2.34. The van der Waals surface area contributed by atoms with Gasteiger partial charge in [0.05, 0.1) is 4.47 Å². The first-order chi connectivity index (χ1) is 11.7. The second-order valence-corrected chi connectivity index (χ2v) is 6.03. The molecular weight excluding hydrogens is 370 g/mol. The van der Waals surface area contributed by atoms with Crippen molar-refractivity contribution in [1.82, 2.24) is 15.6 Å². The molecule has 0 spiro atoms. The van der Waals surface area contributed by atoms with E-state index in [0.29, 0.717) is 24.3 Å². The fraction of sp³-hybridized carbons (Fsp3) is 0.111. The number of nitrogens with one attached hydrogen (secondary N) is 3. The molecule has 0 saturated carbocycles. The highest BCUT2D eigenvalue weighted by molar-refractivity contribution is 9.10. The molecule has 3 aromatic rings. The van der Waals surface area contributed by atoms with Crippen LogP contribution in [-0.4, -0.2) is 29.9 Å². The third-order valence-electron chi connectivity index (χ3n) is 3.60. The number of carbonyl (C=O) groups excluding carboxylic acids is 2. The van der Waals surface area contributed by atoms with Crippen LogP contribution in [0.1, 0.15) is 20.8 Å². The Kier molecular flexibility index (Phi) is 4.96. The van der Waals surface area contributed by atoms with Crippen LogP contribution in [0.5, 0.6) is 0 Å². The minimum Gasteiger partial charge on any atom is -0.350 e. The number of aromatic nitrogens is 1. The minimum atomic E-state index is -0.216. The van der Waals surface area contributed by atoms with Gasteiger partial charge in [-0.2, -0.15) is 0 Å². The first-order valence-corrected chi connectivity index (χ1v) is 8.34. The van der Waals surface area contributed by atoms with Gasteiger partial charge in [0.1, 0.15) is 5.69 Å². The molecule has 0 fully saturated rings. The molecule has 6 heteroatoms. The Bertz CT molecular complexity index is 874. The predicted molar refractivity (Wildman–Crippen MR) is 97.1 cm³/mol. The topological polar surface area (TPSA) is 74.0 Å². The summed E-state index contributed by atoms with van der Waals surface area (Å²) in [4.78, 5) is 27.3. The van der Waals surface area contributed by atoms with Gasteiger partial charge in [-0.25, -0.2) is 0 Å². The Morgan fingerprint density at radius 2 is 1.50 bits per heavy atom. The molecule has 0 bridgehead atoms. The van der Waals surface area contributed by atoms with Crippen LogP contribution in [0.15, 0.2) is 59.1 Å². The number of H-pyrrole nitrogens is 1. The van der Waals surface area contributed by atoms with Gasteiger partial charge in [0.15, 0.2) is 0 Å². The number of aromatic amines is 1. The average Bonchev–Trinajstić information content (AvgIpc) is 2.96. The van der Waals surface area contributed by atoms with Gasteiger partial charge in [-0.3, -0.25) is 9.59 Å². The van der Waals surface area contributed by atoms with Gasteiger partial charge in [-0.15, -0.1) is 0 Å². The highest BCUT2D eigenvalue weighted by Gasteiger charge is 2.15. The summed E-state index contributed by atoms with van der Waals surface area (Å²) in [5.41, 5.74) is 1.97. The molecule has 0 unspecified atom stereocenters. The number of benzene rings is 2. The van der Waals surface area contributed by atoms with Crippen LogP contribution in [0.2, 0.25) is 0 Å². The van der Waals surface area contributed by atoms with E-state index in [0.717, 1.165) is 15.4 Å². The van der Waals surface area contributed by atoms with Crippen molar-refractivity contribution < 1.29 is 9.59 Å². The largest absolute Gasteiger partial charge is 0.350 e. The number of hydrogen-bond donors (Lipinski definition) is 3. The van der Waals surface area contributed by atoms with Crippen molar-refractivity contribution >= 4 is 38.6 Å². The fourth-order valence-corrected chi connectivity index (χ4v) is 3.02. The summed E-state index contributed by atoms with van der Waals surface area (Å²) in [6.45, 7) is 0.705. The second kappa shape index (κ2) is 7.31. The molecule has 3 N–H and O–H groups in total. The Hall–Kier alpha value is -2.60. The van der Waals surface area contributed by atoms with E-state index in [1.807, 2.05) is 42.5 Å². The standard InChI is InChI=1S/C18H16BrN3O2/c19-15-13-8-4-5-9-14(13)22-16(15)18(24)21-11-10-20-17(23)12-6-2-1-3-7-12/h1-9,22H,10-11H2,(H,20,23)(H,21,24). The van der Waals surface area contributed by atoms with Gasteiger partial charge in [-0.05, 0) is 34.1 Å². The molecule has 0 aliphatic carbocycles. The number of hydrogen-bond acceptors (Lipinski definition) is 2. The van der Waals surface area contributed by atoms with E-state index in [4.69, 9.17) is 0 Å². The highest BCUT2D eigenvalue weighted by atomic mass is 79.9. The molecule has 122 valence electrons. The summed E-state index contributed by atoms with van der Waals surface area (Å²) in [7, 11) is 0. The smallest absolute Gasteiger partial charge is 0.268 e. The van der Waals surface area contributed by atoms with Crippen molar-refractivity contribution in [3.05, 3.63) is 70.3 Å². The summed E-state index contributed by atoms with van der Waals surface area (Å²) in [6.07, 6.45) is 0. The number of carbonyl (C=O) groups is 2. The number of amides is 2. The van der Waals surface area contributed by atoms with Crippen LogP contribution in [0.3, 0.4) is 0 Å². The van der Waals surface area contributed by atoms with E-state index in [9.17, 15) is 9.59 Å². The third kappa shape index (κ3) is 3.49. The molecule has 0 radical (unpaired) electrons. The van der Waals surface area contributed by atoms with Crippen LogP contribution in [0.25, 0.3) is 10.9 Å². The van der Waals surface area contributed by atoms with Crippen LogP contribution in [0, 0.1) is 0 Å². The number of fused-ring (bicyclic) bond motifs is 1. The maximum absolute atomic E-state index is 12.3. The molecular formula is C18H16BrN3O2. The zero-order valence-corrected chi connectivity index (χ0v) is 14.4. The van der Waals surface area contributed by atoms with Crippen molar-refractivity contribution in [2.24, 2.45) is 0 Å². The summed E-state index contributed by atoms with van der Waals surface area (Å²) < 4.78 is 0.740. The maximum Gasteiger partial charge on any atom is 0.268 e. The lowest BCUT2D eigenvalue weighted by molar-refractivity contribution is 0.0925. The molecule has 1 aromatic heterocycles. The van der Waals surface area contributed by atoms with E-state index < -0.39 is 0 Å². The molecule has 24 heavy (non-hydrogen) atoms. The first kappa shape index (κ1) is 16.3. The average molecular weight is 386 g/mol. The van der Waals surface area contributed by atoms with Gasteiger partial charge in [0.2, 0.25) is 0 Å². The van der Waals surface area contributed by atoms with E-state index in [1.54, 1.807) is 12.1 Å². The summed E-state index contributed by atoms with van der Waals surface area (Å²) >= 11 is 3.45. The quantitative estimate of drug-likeness (QED) is 0.590. The second-order valence-electron chi connectivity index (χ2n) is 5.24. The molecule has 2 aromatic carbocycles. The summed E-state index contributed by atoms with van der Waals surface area (Å²) in [6, 6.07) is 16.6. The molecule has 5 nitrogen and oxygen atoms in total. The molecule has 3 rings (SSSR count). The Balaban J connectivity index is 1.54. The fourth-order valence-electron chi connectivity index (χ4n) is 2.40.